The lowest BCUT2D eigenvalue weighted by molar-refractivity contribution is 0.0961. The minimum Gasteiger partial charge on any atom is -0.401 e. The second-order valence-electron chi connectivity index (χ2n) is 6.98. The van der Waals surface area contributed by atoms with E-state index in [2.05, 4.69) is 23.8 Å². The highest BCUT2D eigenvalue weighted by molar-refractivity contribution is 6.30. The minimum absolute atomic E-state index is 0.113. The van der Waals surface area contributed by atoms with Crippen LogP contribution in [-0.2, 0) is 0 Å². The van der Waals surface area contributed by atoms with Gasteiger partial charge in [0.15, 0.2) is 5.78 Å². The first kappa shape index (κ1) is 23.2. The SMILES string of the molecule is C=C(C/C(N)=C/Nc1ccccc1F)NC(C(=C)CCC)C(=O)c1ccc(Cl)cc1. The molecule has 0 fully saturated rings. The molecule has 0 saturated heterocycles. The third-order valence-electron chi connectivity index (χ3n) is 4.42. The van der Waals surface area contributed by atoms with E-state index in [0.717, 1.165) is 12.0 Å². The van der Waals surface area contributed by atoms with E-state index < -0.39 is 6.04 Å². The number of rotatable bonds is 11. The van der Waals surface area contributed by atoms with Gasteiger partial charge >= 0.3 is 0 Å². The van der Waals surface area contributed by atoms with E-state index >= 15 is 0 Å². The number of carbonyl (C=O) groups is 1. The lowest BCUT2D eigenvalue weighted by Gasteiger charge is -2.22. The zero-order valence-electron chi connectivity index (χ0n) is 17.1. The molecular formula is C24H27ClFN3O. The van der Waals surface area contributed by atoms with E-state index in [1.165, 1.54) is 12.3 Å². The van der Waals surface area contributed by atoms with Crippen LogP contribution in [0.5, 0.6) is 0 Å². The second kappa shape index (κ2) is 11.2. The maximum atomic E-state index is 13.7. The van der Waals surface area contributed by atoms with Gasteiger partial charge in [-0.1, -0.05) is 50.2 Å². The summed E-state index contributed by atoms with van der Waals surface area (Å²) in [5.74, 6) is -0.485. The highest BCUT2D eigenvalue weighted by atomic mass is 35.5. The Kier molecular flexibility index (Phi) is 8.69. The van der Waals surface area contributed by atoms with Crippen molar-refractivity contribution in [1.29, 1.82) is 0 Å². The summed E-state index contributed by atoms with van der Waals surface area (Å²) in [7, 11) is 0. The summed E-state index contributed by atoms with van der Waals surface area (Å²) >= 11 is 5.93. The highest BCUT2D eigenvalue weighted by Gasteiger charge is 2.23. The molecule has 158 valence electrons. The van der Waals surface area contributed by atoms with E-state index in [1.807, 2.05) is 6.92 Å². The summed E-state index contributed by atoms with van der Waals surface area (Å²) in [5.41, 5.74) is 8.67. The molecule has 0 bridgehead atoms. The van der Waals surface area contributed by atoms with Gasteiger partial charge in [0, 0.05) is 34.6 Å². The summed E-state index contributed by atoms with van der Waals surface area (Å²) < 4.78 is 13.7. The minimum atomic E-state index is -0.619. The maximum Gasteiger partial charge on any atom is 0.189 e. The lowest BCUT2D eigenvalue weighted by Crippen LogP contribution is -2.38. The molecule has 0 spiro atoms. The summed E-state index contributed by atoms with van der Waals surface area (Å²) in [4.78, 5) is 13.0. The Morgan fingerprint density at radius 2 is 1.87 bits per heavy atom. The van der Waals surface area contributed by atoms with Crippen molar-refractivity contribution in [2.75, 3.05) is 5.32 Å². The molecule has 30 heavy (non-hydrogen) atoms. The number of hydrogen-bond donors (Lipinski definition) is 3. The molecule has 4 N–H and O–H groups in total. The number of benzene rings is 2. The molecule has 0 aliphatic carbocycles. The first-order valence-electron chi connectivity index (χ1n) is 9.69. The van der Waals surface area contributed by atoms with Crippen LogP contribution in [-0.4, -0.2) is 11.8 Å². The van der Waals surface area contributed by atoms with E-state index in [1.54, 1.807) is 42.5 Å². The number of halogens is 2. The van der Waals surface area contributed by atoms with Crippen molar-refractivity contribution in [2.24, 2.45) is 5.73 Å². The molecule has 0 radical (unpaired) electrons. The third-order valence-corrected chi connectivity index (χ3v) is 4.68. The van der Waals surface area contributed by atoms with Gasteiger partial charge in [0.1, 0.15) is 11.9 Å². The maximum absolute atomic E-state index is 13.7. The summed E-state index contributed by atoms with van der Waals surface area (Å²) in [6, 6.07) is 12.4. The molecule has 2 aromatic carbocycles. The predicted molar refractivity (Wildman–Crippen MR) is 123 cm³/mol. The zero-order chi connectivity index (χ0) is 22.1. The molecule has 2 aromatic rings. The third kappa shape index (κ3) is 6.78. The van der Waals surface area contributed by atoms with Gasteiger partial charge in [0.2, 0.25) is 0 Å². The quantitative estimate of drug-likeness (QED) is 0.313. The molecule has 1 unspecified atom stereocenters. The molecule has 1 atom stereocenters. The van der Waals surface area contributed by atoms with Gasteiger partial charge in [-0.15, -0.1) is 0 Å². The van der Waals surface area contributed by atoms with Crippen molar-refractivity contribution >= 4 is 23.1 Å². The molecule has 0 aliphatic heterocycles. The zero-order valence-corrected chi connectivity index (χ0v) is 17.8. The molecule has 2 rings (SSSR count). The molecule has 0 aliphatic rings. The van der Waals surface area contributed by atoms with Crippen LogP contribution in [0.1, 0.15) is 36.5 Å². The van der Waals surface area contributed by atoms with Crippen LogP contribution >= 0.6 is 11.6 Å². The second-order valence-corrected chi connectivity index (χ2v) is 7.42. The van der Waals surface area contributed by atoms with Crippen molar-refractivity contribution in [3.05, 3.63) is 101 Å². The summed E-state index contributed by atoms with van der Waals surface area (Å²) in [5, 5.41) is 6.56. The molecule has 0 amide bonds. The van der Waals surface area contributed by atoms with E-state index in [-0.39, 0.29) is 18.0 Å². The van der Waals surface area contributed by atoms with E-state index in [0.29, 0.717) is 34.1 Å². The number of carbonyl (C=O) groups excluding carboxylic acids is 1. The van der Waals surface area contributed by atoms with E-state index in [9.17, 15) is 9.18 Å². The Morgan fingerprint density at radius 1 is 1.20 bits per heavy atom. The van der Waals surface area contributed by atoms with Gasteiger partial charge in [-0.2, -0.15) is 0 Å². The molecule has 4 nitrogen and oxygen atoms in total. The van der Waals surface area contributed by atoms with Gasteiger partial charge in [-0.25, -0.2) is 4.39 Å². The fraction of sp³-hybridized carbons (Fsp3) is 0.208. The van der Waals surface area contributed by atoms with Crippen molar-refractivity contribution in [2.45, 2.75) is 32.2 Å². The number of nitrogens with one attached hydrogen (secondary N) is 2. The average Bonchev–Trinajstić information content (AvgIpc) is 2.71. The Balaban J connectivity index is 2.07. The van der Waals surface area contributed by atoms with Gasteiger partial charge < -0.3 is 16.4 Å². The van der Waals surface area contributed by atoms with Gasteiger partial charge in [0.25, 0.3) is 0 Å². The molecular weight excluding hydrogens is 401 g/mol. The standard InChI is InChI=1S/C24H27ClFN3O/c1-4-7-16(2)23(24(30)18-10-12-19(25)13-11-18)29-17(3)14-20(27)15-28-22-9-6-5-8-21(22)26/h5-6,8-13,15,23,28-29H,2-4,7,14,27H2,1H3/b20-15-. The van der Waals surface area contributed by atoms with Crippen LogP contribution in [0.25, 0.3) is 0 Å². The van der Waals surface area contributed by atoms with Crippen LogP contribution in [0.4, 0.5) is 10.1 Å². The summed E-state index contributed by atoms with van der Waals surface area (Å²) in [6.45, 7) is 10.1. The predicted octanol–water partition coefficient (Wildman–Crippen LogP) is 5.79. The van der Waals surface area contributed by atoms with Crippen molar-refractivity contribution < 1.29 is 9.18 Å². The number of para-hydroxylation sites is 1. The van der Waals surface area contributed by atoms with Crippen molar-refractivity contribution in [1.82, 2.24) is 5.32 Å². The normalized spacial score (nSPS) is 12.2. The topological polar surface area (TPSA) is 67.2 Å². The fourth-order valence-electron chi connectivity index (χ4n) is 2.90. The number of ketones is 1. The van der Waals surface area contributed by atoms with Crippen molar-refractivity contribution in [3.63, 3.8) is 0 Å². The summed E-state index contributed by atoms with van der Waals surface area (Å²) in [6.07, 6.45) is 3.36. The van der Waals surface area contributed by atoms with E-state index in [4.69, 9.17) is 17.3 Å². The van der Waals surface area contributed by atoms with Crippen LogP contribution < -0.4 is 16.4 Å². The van der Waals surface area contributed by atoms with Gasteiger partial charge in [-0.3, -0.25) is 4.79 Å². The smallest absolute Gasteiger partial charge is 0.189 e. The monoisotopic (exact) mass is 427 g/mol. The Bertz CT molecular complexity index is 938. The molecule has 6 heteroatoms. The molecule has 0 saturated carbocycles. The largest absolute Gasteiger partial charge is 0.401 e. The van der Waals surface area contributed by atoms with Crippen LogP contribution in [0.2, 0.25) is 5.02 Å². The lowest BCUT2D eigenvalue weighted by atomic mass is 9.95. The van der Waals surface area contributed by atoms with Crippen molar-refractivity contribution in [3.8, 4) is 0 Å². The highest BCUT2D eigenvalue weighted by Crippen LogP contribution is 2.18. The first-order valence-corrected chi connectivity index (χ1v) is 10.1. The molecule has 0 heterocycles. The number of nitrogens with two attached hydrogens (primary N) is 1. The van der Waals surface area contributed by atoms with Gasteiger partial charge in [-0.05, 0) is 48.4 Å². The number of Topliss-reactive ketones (excluding diaryl/α,β-unsaturated/α-hetero) is 1. The first-order chi connectivity index (χ1) is 14.3. The number of hydrogen-bond acceptors (Lipinski definition) is 4. The average molecular weight is 428 g/mol. The number of anilines is 1. The van der Waals surface area contributed by atoms with Crippen LogP contribution in [0, 0.1) is 5.82 Å². The Hall–Kier alpha value is -3.05. The Labute approximate surface area is 182 Å². The van der Waals surface area contributed by atoms with Crippen LogP contribution in [0.15, 0.2) is 84.9 Å². The van der Waals surface area contributed by atoms with Gasteiger partial charge in [0.05, 0.1) is 5.69 Å². The molecule has 0 aromatic heterocycles. The Morgan fingerprint density at radius 3 is 2.50 bits per heavy atom. The van der Waals surface area contributed by atoms with Crippen LogP contribution in [0.3, 0.4) is 0 Å². The fourth-order valence-corrected chi connectivity index (χ4v) is 3.03.